The first kappa shape index (κ1) is 36.9. The number of hydrogen-bond acceptors (Lipinski definition) is 7. The highest BCUT2D eigenvalue weighted by molar-refractivity contribution is 7.70. The zero-order valence-corrected chi connectivity index (χ0v) is 29.8. The number of piperidine rings is 1. The smallest absolute Gasteiger partial charge is 0.422 e. The molecule has 3 fully saturated rings. The Kier molecular flexibility index (Phi) is 10.8. The number of ether oxygens (including phenoxy) is 2. The molecule has 2 N–H and O–H groups in total. The third-order valence-electron chi connectivity index (χ3n) is 9.99. The summed E-state index contributed by atoms with van der Waals surface area (Å²) in [6.45, 7) is 5.40. The maximum Gasteiger partial charge on any atom is 0.422 e. The quantitative estimate of drug-likeness (QED) is 0.130. The van der Waals surface area contributed by atoms with E-state index in [2.05, 4.69) is 27.4 Å². The van der Waals surface area contributed by atoms with Crippen LogP contribution in [0.1, 0.15) is 49.0 Å². The van der Waals surface area contributed by atoms with Gasteiger partial charge in [-0.1, -0.05) is 24.0 Å². The summed E-state index contributed by atoms with van der Waals surface area (Å²) in [6.07, 6.45) is -3.66. The molecule has 1 aliphatic carbocycles. The minimum Gasteiger partial charge on any atom is -0.482 e. The number of hydrogen-bond donors (Lipinski definition) is 2. The molecular weight excluding hydrogens is 699 g/mol. The van der Waals surface area contributed by atoms with E-state index in [9.17, 15) is 30.9 Å². The van der Waals surface area contributed by atoms with Crippen molar-refractivity contribution in [2.24, 2.45) is 5.41 Å². The Hall–Kier alpha value is -2.91. The molecule has 3 aliphatic rings. The van der Waals surface area contributed by atoms with E-state index in [0.29, 0.717) is 27.0 Å². The number of alkyl halides is 6. The van der Waals surface area contributed by atoms with E-state index in [1.54, 1.807) is 18.2 Å². The molecule has 14 heteroatoms. The monoisotopic (exact) mass is 741 g/mol. The first-order chi connectivity index (χ1) is 23.6. The minimum atomic E-state index is -4.58. The van der Waals surface area contributed by atoms with Crippen molar-refractivity contribution in [3.63, 3.8) is 0 Å². The van der Waals surface area contributed by atoms with Crippen LogP contribution >= 0.6 is 18.5 Å². The predicted octanol–water partition coefficient (Wildman–Crippen LogP) is 8.49. The van der Waals surface area contributed by atoms with Crippen LogP contribution in [0.15, 0.2) is 36.4 Å². The van der Waals surface area contributed by atoms with Crippen molar-refractivity contribution < 1.29 is 40.4 Å². The lowest BCUT2D eigenvalue weighted by molar-refractivity contribution is -0.153. The van der Waals surface area contributed by atoms with Crippen molar-refractivity contribution in [1.82, 2.24) is 4.90 Å². The van der Waals surface area contributed by atoms with Crippen LogP contribution in [0.4, 0.5) is 37.7 Å². The maximum atomic E-state index is 13.8. The number of nitrogens with zero attached hydrogens (tertiary/aromatic N) is 1. The predicted molar refractivity (Wildman–Crippen MR) is 188 cm³/mol. The SMILES string of the molecule is CP(C)(=O)c1ccc(NCC#Cc2sc3c(NC4CCC(N5CCC6(CC5)COC6)CC4)cccc3c2CC(F)(F)F)c(OCC(F)(F)F)c1. The highest BCUT2D eigenvalue weighted by Crippen LogP contribution is 2.42. The van der Waals surface area contributed by atoms with Crippen molar-refractivity contribution in [1.29, 1.82) is 0 Å². The molecule has 0 atom stereocenters. The molecule has 1 aromatic heterocycles. The lowest BCUT2D eigenvalue weighted by Crippen LogP contribution is -2.53. The number of nitrogens with one attached hydrogen (secondary N) is 2. The van der Waals surface area contributed by atoms with Gasteiger partial charge in [0.05, 0.1) is 47.1 Å². The van der Waals surface area contributed by atoms with Crippen LogP contribution in [0, 0.1) is 17.3 Å². The first-order valence-electron chi connectivity index (χ1n) is 16.9. The van der Waals surface area contributed by atoms with Crippen LogP contribution < -0.4 is 20.7 Å². The van der Waals surface area contributed by atoms with Gasteiger partial charge in [0.25, 0.3) is 0 Å². The van der Waals surface area contributed by atoms with Crippen molar-refractivity contribution in [2.75, 3.05) is 63.4 Å². The van der Waals surface area contributed by atoms with Gasteiger partial charge in [0.15, 0.2) is 6.61 Å². The van der Waals surface area contributed by atoms with Crippen LogP contribution in [0.5, 0.6) is 5.75 Å². The van der Waals surface area contributed by atoms with Crippen molar-refractivity contribution in [3.8, 4) is 17.6 Å². The minimum absolute atomic E-state index is 0.0720. The van der Waals surface area contributed by atoms with Crippen LogP contribution in [0.2, 0.25) is 0 Å². The molecule has 0 amide bonds. The summed E-state index contributed by atoms with van der Waals surface area (Å²) in [7, 11) is -2.79. The zero-order chi connectivity index (χ0) is 35.7. The van der Waals surface area contributed by atoms with Gasteiger partial charge in [0.2, 0.25) is 0 Å². The number of fused-ring (bicyclic) bond motifs is 1. The fraction of sp³-hybridized carbons (Fsp3) is 0.556. The second-order valence-corrected chi connectivity index (χ2v) is 18.4. The Labute approximate surface area is 292 Å². The third kappa shape index (κ3) is 9.11. The summed E-state index contributed by atoms with van der Waals surface area (Å²) >= 11 is 1.21. The normalized spacial score (nSPS) is 21.4. The van der Waals surface area contributed by atoms with Crippen LogP contribution in [-0.2, 0) is 15.7 Å². The number of benzene rings is 2. The van der Waals surface area contributed by atoms with Gasteiger partial charge in [-0.2, -0.15) is 26.3 Å². The lowest BCUT2D eigenvalue weighted by Gasteiger charge is -2.49. The maximum absolute atomic E-state index is 13.8. The van der Waals surface area contributed by atoms with Gasteiger partial charge < -0.3 is 29.6 Å². The molecule has 6 nitrogen and oxygen atoms in total. The summed E-state index contributed by atoms with van der Waals surface area (Å²) < 4.78 is 104. The molecule has 2 saturated heterocycles. The topological polar surface area (TPSA) is 62.8 Å². The van der Waals surface area contributed by atoms with Crippen LogP contribution in [-0.4, -0.2) is 82.1 Å². The van der Waals surface area contributed by atoms with E-state index in [0.717, 1.165) is 62.4 Å². The molecule has 0 unspecified atom stereocenters. The van der Waals surface area contributed by atoms with Gasteiger partial charge in [0.1, 0.15) is 12.9 Å². The Balaban J connectivity index is 1.15. The third-order valence-corrected chi connectivity index (χ3v) is 12.7. The Morgan fingerprint density at radius 3 is 2.34 bits per heavy atom. The first-order valence-corrected chi connectivity index (χ1v) is 20.3. The number of rotatable bonds is 9. The van der Waals surface area contributed by atoms with E-state index in [4.69, 9.17) is 9.47 Å². The average molecular weight is 742 g/mol. The molecular formula is C36H42F6N3O3PS. The number of thiophene rings is 1. The van der Waals surface area contributed by atoms with Gasteiger partial charge in [-0.3, -0.25) is 0 Å². The molecule has 0 radical (unpaired) electrons. The Morgan fingerprint density at radius 2 is 1.72 bits per heavy atom. The van der Waals surface area contributed by atoms with Crippen LogP contribution in [0.3, 0.4) is 0 Å². The fourth-order valence-electron chi connectivity index (χ4n) is 7.14. The number of likely N-dealkylation sites (tertiary alicyclic amines) is 1. The van der Waals surface area contributed by atoms with E-state index >= 15 is 0 Å². The fourth-order valence-corrected chi connectivity index (χ4v) is 9.18. The summed E-state index contributed by atoms with van der Waals surface area (Å²) in [5.41, 5.74) is 1.51. The van der Waals surface area contributed by atoms with E-state index in [1.807, 2.05) is 6.07 Å². The van der Waals surface area contributed by atoms with Crippen molar-refractivity contribution in [2.45, 2.75) is 69.4 Å². The second kappa shape index (κ2) is 14.6. The molecule has 6 rings (SSSR count). The highest BCUT2D eigenvalue weighted by atomic mass is 32.1. The Bertz CT molecular complexity index is 1770. The van der Waals surface area contributed by atoms with Gasteiger partial charge in [-0.05, 0) is 100 Å². The molecule has 1 spiro atoms. The molecule has 272 valence electrons. The molecule has 2 aliphatic heterocycles. The standard InChI is InChI=1S/C36H42F6N3O3PS/c1-49(2,46)26-12-13-29(31(19-26)48-23-36(40,41)42)43-16-4-7-32-28(20-35(37,38)39)27-5-3-6-30(33(27)50-32)44-24-8-10-25(11-9-24)45-17-14-34(15-18-45)21-47-22-34/h3,5-6,12-13,19,24-25,43-44H,8-11,14-18,20-23H2,1-2H3. The molecule has 3 heterocycles. The van der Waals surface area contributed by atoms with Gasteiger partial charge in [-0.15, -0.1) is 11.3 Å². The second-order valence-electron chi connectivity index (χ2n) is 14.2. The molecule has 0 bridgehead atoms. The van der Waals surface area contributed by atoms with Crippen LogP contribution in [0.25, 0.3) is 10.1 Å². The van der Waals surface area contributed by atoms with Crippen molar-refractivity contribution >= 4 is 45.2 Å². The van der Waals surface area contributed by atoms with E-state index in [-0.39, 0.29) is 29.6 Å². The van der Waals surface area contributed by atoms with E-state index < -0.39 is 32.5 Å². The zero-order valence-electron chi connectivity index (χ0n) is 28.1. The highest BCUT2D eigenvalue weighted by Gasteiger charge is 2.42. The van der Waals surface area contributed by atoms with Crippen molar-refractivity contribution in [3.05, 3.63) is 46.8 Å². The van der Waals surface area contributed by atoms with E-state index in [1.165, 1.54) is 49.6 Å². The van der Waals surface area contributed by atoms with Gasteiger partial charge in [0, 0.05) is 22.8 Å². The molecule has 1 saturated carbocycles. The number of anilines is 2. The Morgan fingerprint density at radius 1 is 1.00 bits per heavy atom. The molecule has 3 aromatic rings. The number of halogens is 6. The summed E-state index contributed by atoms with van der Waals surface area (Å²) in [5, 5.41) is 7.40. The average Bonchev–Trinajstić information content (AvgIpc) is 3.37. The summed E-state index contributed by atoms with van der Waals surface area (Å²) in [5.74, 6) is 5.61. The van der Waals surface area contributed by atoms with Gasteiger partial charge >= 0.3 is 12.4 Å². The molecule has 50 heavy (non-hydrogen) atoms. The van der Waals surface area contributed by atoms with Gasteiger partial charge in [-0.25, -0.2) is 0 Å². The largest absolute Gasteiger partial charge is 0.482 e. The lowest BCUT2D eigenvalue weighted by atomic mass is 9.76. The summed E-state index contributed by atoms with van der Waals surface area (Å²) in [4.78, 5) is 2.92. The summed E-state index contributed by atoms with van der Waals surface area (Å²) in [6, 6.07) is 10.5. The molecule has 2 aromatic carbocycles.